The fourth-order valence-electron chi connectivity index (χ4n) is 2.13. The summed E-state index contributed by atoms with van der Waals surface area (Å²) in [7, 11) is 0. The molecule has 1 amide bonds. The van der Waals surface area contributed by atoms with E-state index in [1.165, 1.54) is 22.7 Å². The van der Waals surface area contributed by atoms with Crippen LogP contribution in [-0.4, -0.2) is 32.3 Å². The van der Waals surface area contributed by atoms with E-state index in [2.05, 4.69) is 15.5 Å². The number of benzene rings is 1. The predicted octanol–water partition coefficient (Wildman–Crippen LogP) is 3.09. The van der Waals surface area contributed by atoms with Gasteiger partial charge in [0.05, 0.1) is 17.2 Å². The molecule has 2 heterocycles. The predicted molar refractivity (Wildman–Crippen MR) is 100 cm³/mol. The summed E-state index contributed by atoms with van der Waals surface area (Å²) in [5.74, 6) is 6.82. The largest absolute Gasteiger partial charge is 0.461 e. The van der Waals surface area contributed by atoms with Gasteiger partial charge in [0.25, 0.3) is 0 Å². The topological polar surface area (TPSA) is 99.0 Å². The summed E-state index contributed by atoms with van der Waals surface area (Å²) in [4.78, 5) is 13.5. The lowest BCUT2D eigenvalue weighted by atomic mass is 10.3. The monoisotopic (exact) mass is 375 g/mol. The van der Waals surface area contributed by atoms with Crippen molar-refractivity contribution in [3.63, 3.8) is 0 Å². The van der Waals surface area contributed by atoms with Gasteiger partial charge in [-0.15, -0.1) is 22.0 Å². The van der Waals surface area contributed by atoms with Crippen molar-refractivity contribution < 1.29 is 9.21 Å². The Bertz CT molecular complexity index is 863. The number of rotatable bonds is 6. The highest BCUT2D eigenvalue weighted by molar-refractivity contribution is 8.00. The zero-order chi connectivity index (χ0) is 17.8. The summed E-state index contributed by atoms with van der Waals surface area (Å²) in [6, 6.07) is 11.2. The number of carbonyl (C=O) groups excluding carboxylic acids is 1. The van der Waals surface area contributed by atoms with E-state index in [0.29, 0.717) is 16.7 Å². The van der Waals surface area contributed by atoms with E-state index in [-0.39, 0.29) is 5.91 Å². The molecule has 9 heteroatoms. The summed E-state index contributed by atoms with van der Waals surface area (Å²) in [6.45, 7) is 1.79. The van der Waals surface area contributed by atoms with Crippen molar-refractivity contribution in [1.82, 2.24) is 14.9 Å². The summed E-state index contributed by atoms with van der Waals surface area (Å²) in [6.07, 6.45) is 3.51. The minimum absolute atomic E-state index is 0.131. The maximum Gasteiger partial charge on any atom is 0.237 e. The van der Waals surface area contributed by atoms with E-state index in [0.717, 1.165) is 10.6 Å². The molecule has 0 radical (unpaired) electrons. The Morgan fingerprint density at radius 3 is 2.80 bits per heavy atom. The van der Waals surface area contributed by atoms with Gasteiger partial charge in [-0.25, -0.2) is 4.68 Å². The van der Waals surface area contributed by atoms with Crippen molar-refractivity contribution >= 4 is 35.1 Å². The van der Waals surface area contributed by atoms with Gasteiger partial charge >= 0.3 is 0 Å². The van der Waals surface area contributed by atoms with Crippen LogP contribution in [0.25, 0.3) is 11.6 Å². The van der Waals surface area contributed by atoms with Crippen LogP contribution in [0.15, 0.2) is 57.1 Å². The van der Waals surface area contributed by atoms with Crippen LogP contribution in [0, 0.1) is 0 Å². The number of nitrogens with two attached hydrogens (primary N) is 1. The van der Waals surface area contributed by atoms with E-state index < -0.39 is 5.25 Å². The Morgan fingerprint density at radius 2 is 2.08 bits per heavy atom. The van der Waals surface area contributed by atoms with Crippen LogP contribution in [-0.2, 0) is 4.79 Å². The summed E-state index contributed by atoms with van der Waals surface area (Å²) >= 11 is 2.81. The Hall–Kier alpha value is -2.39. The molecule has 0 bridgehead atoms. The highest BCUT2D eigenvalue weighted by Crippen LogP contribution is 2.28. The van der Waals surface area contributed by atoms with Gasteiger partial charge in [0.15, 0.2) is 5.76 Å². The SMILES string of the molecule is CSc1ccccc1NC(=O)C(C)Sc1nnc(-c2ccco2)n1N. The molecule has 3 aromatic rings. The molecule has 1 atom stereocenters. The van der Waals surface area contributed by atoms with E-state index >= 15 is 0 Å². The molecular weight excluding hydrogens is 358 g/mol. The molecule has 0 spiro atoms. The normalized spacial score (nSPS) is 12.1. The fourth-order valence-corrected chi connectivity index (χ4v) is 3.45. The molecule has 25 heavy (non-hydrogen) atoms. The van der Waals surface area contributed by atoms with E-state index in [1.807, 2.05) is 30.5 Å². The number of nitrogen functional groups attached to an aromatic ring is 1. The third kappa shape index (κ3) is 3.83. The number of aromatic nitrogens is 3. The number of hydrogen-bond acceptors (Lipinski definition) is 7. The van der Waals surface area contributed by atoms with Crippen LogP contribution in [0.2, 0.25) is 0 Å². The molecule has 130 valence electrons. The van der Waals surface area contributed by atoms with Gasteiger partial charge in [-0.05, 0) is 37.4 Å². The molecular formula is C16H17N5O2S2. The number of para-hydroxylation sites is 1. The molecule has 7 nitrogen and oxygen atoms in total. The highest BCUT2D eigenvalue weighted by atomic mass is 32.2. The van der Waals surface area contributed by atoms with Gasteiger partial charge in [-0.3, -0.25) is 4.79 Å². The second kappa shape index (κ2) is 7.66. The van der Waals surface area contributed by atoms with Crippen LogP contribution < -0.4 is 11.2 Å². The molecule has 0 saturated carbocycles. The molecule has 0 fully saturated rings. The van der Waals surface area contributed by atoms with Crippen molar-refractivity contribution in [2.75, 3.05) is 17.4 Å². The Balaban J connectivity index is 1.70. The Labute approximate surface area is 153 Å². The lowest BCUT2D eigenvalue weighted by Crippen LogP contribution is -2.24. The van der Waals surface area contributed by atoms with Crippen LogP contribution in [0.1, 0.15) is 6.92 Å². The fraction of sp³-hybridized carbons (Fsp3) is 0.188. The van der Waals surface area contributed by atoms with Crippen molar-refractivity contribution in [3.05, 3.63) is 42.7 Å². The number of amides is 1. The first-order valence-corrected chi connectivity index (χ1v) is 9.55. The molecule has 3 rings (SSSR count). The van der Waals surface area contributed by atoms with Gasteiger partial charge < -0.3 is 15.6 Å². The van der Waals surface area contributed by atoms with Crippen molar-refractivity contribution in [3.8, 4) is 11.6 Å². The number of thioether (sulfide) groups is 2. The molecule has 2 aromatic heterocycles. The maximum absolute atomic E-state index is 12.5. The maximum atomic E-state index is 12.5. The number of carbonyl (C=O) groups is 1. The van der Waals surface area contributed by atoms with Crippen LogP contribution in [0.3, 0.4) is 0 Å². The zero-order valence-electron chi connectivity index (χ0n) is 13.7. The average Bonchev–Trinajstić information content (AvgIpc) is 3.26. The number of nitrogens with one attached hydrogen (secondary N) is 1. The summed E-state index contributed by atoms with van der Waals surface area (Å²) < 4.78 is 6.60. The first-order chi connectivity index (χ1) is 12.1. The van der Waals surface area contributed by atoms with Crippen molar-refractivity contribution in [1.29, 1.82) is 0 Å². The molecule has 0 aliphatic rings. The first kappa shape index (κ1) is 17.4. The summed E-state index contributed by atoms with van der Waals surface area (Å²) in [5, 5.41) is 11.0. The van der Waals surface area contributed by atoms with Gasteiger partial charge in [0.1, 0.15) is 0 Å². The molecule has 0 saturated heterocycles. The third-order valence-corrected chi connectivity index (χ3v) is 5.27. The van der Waals surface area contributed by atoms with Gasteiger partial charge in [0, 0.05) is 4.90 Å². The minimum Gasteiger partial charge on any atom is -0.461 e. The van der Waals surface area contributed by atoms with E-state index in [1.54, 1.807) is 30.8 Å². The van der Waals surface area contributed by atoms with Gasteiger partial charge in [-0.2, -0.15) is 0 Å². The Morgan fingerprint density at radius 1 is 1.28 bits per heavy atom. The third-order valence-electron chi connectivity index (χ3n) is 3.42. The summed E-state index contributed by atoms with van der Waals surface area (Å²) in [5.41, 5.74) is 0.790. The molecule has 0 aliphatic heterocycles. The second-order valence-corrected chi connectivity index (χ2v) is 7.26. The molecule has 1 unspecified atom stereocenters. The standard InChI is InChI=1S/C16H17N5O2S2/c1-10(15(22)18-11-6-3-4-8-13(11)24-2)25-16-20-19-14(21(16)17)12-7-5-9-23-12/h3-10H,17H2,1-2H3,(H,18,22). The lowest BCUT2D eigenvalue weighted by Gasteiger charge is -2.13. The smallest absolute Gasteiger partial charge is 0.237 e. The molecule has 3 N–H and O–H groups in total. The van der Waals surface area contributed by atoms with Crippen molar-refractivity contribution in [2.45, 2.75) is 22.2 Å². The van der Waals surface area contributed by atoms with Crippen LogP contribution >= 0.6 is 23.5 Å². The second-order valence-electron chi connectivity index (χ2n) is 5.10. The first-order valence-electron chi connectivity index (χ1n) is 7.45. The van der Waals surface area contributed by atoms with Gasteiger partial charge in [-0.1, -0.05) is 23.9 Å². The van der Waals surface area contributed by atoms with Crippen LogP contribution in [0.5, 0.6) is 0 Å². The minimum atomic E-state index is -0.397. The highest BCUT2D eigenvalue weighted by Gasteiger charge is 2.21. The van der Waals surface area contributed by atoms with Crippen LogP contribution in [0.4, 0.5) is 5.69 Å². The number of furan rings is 1. The van der Waals surface area contributed by atoms with Crippen molar-refractivity contribution in [2.24, 2.45) is 0 Å². The number of nitrogens with zero attached hydrogens (tertiary/aromatic N) is 3. The number of anilines is 1. The zero-order valence-corrected chi connectivity index (χ0v) is 15.3. The number of hydrogen-bond donors (Lipinski definition) is 2. The van der Waals surface area contributed by atoms with E-state index in [9.17, 15) is 4.79 Å². The quantitative estimate of drug-likeness (QED) is 0.504. The Kier molecular flexibility index (Phi) is 5.34. The van der Waals surface area contributed by atoms with E-state index in [4.69, 9.17) is 10.3 Å². The average molecular weight is 375 g/mol. The molecule has 0 aliphatic carbocycles. The lowest BCUT2D eigenvalue weighted by molar-refractivity contribution is -0.115. The molecule has 1 aromatic carbocycles. The van der Waals surface area contributed by atoms with Gasteiger partial charge in [0.2, 0.25) is 16.9 Å².